The van der Waals surface area contributed by atoms with Crippen molar-refractivity contribution < 1.29 is 19.1 Å². The van der Waals surface area contributed by atoms with Gasteiger partial charge in [-0.2, -0.15) is 0 Å². The van der Waals surface area contributed by atoms with Gasteiger partial charge in [0.25, 0.3) is 0 Å². The number of rotatable bonds is 4. The van der Waals surface area contributed by atoms with E-state index in [0.717, 1.165) is 17.0 Å². The van der Waals surface area contributed by atoms with E-state index >= 15 is 0 Å². The van der Waals surface area contributed by atoms with Crippen LogP contribution in [0, 0.1) is 11.3 Å². The standard InChI is InChI=1S/C26H27NO4/c1-16-22(25(29)30-4)23(24-20(27-16)14-26(2,3)15-21(24)28)17-9-8-12-19(13-17)31-18-10-6-5-7-11-18/h5-13,22-23H,14-15H2,1-4H3/t22?,23-/m1/s1. The number of allylic oxidation sites excluding steroid dienone is 2. The number of ketones is 1. The molecule has 2 aromatic rings. The highest BCUT2D eigenvalue weighted by atomic mass is 16.5. The van der Waals surface area contributed by atoms with E-state index in [1.165, 1.54) is 7.11 Å². The molecule has 0 fully saturated rings. The molecule has 0 saturated carbocycles. The summed E-state index contributed by atoms with van der Waals surface area (Å²) >= 11 is 0. The third-order valence-corrected chi connectivity index (χ3v) is 5.95. The van der Waals surface area contributed by atoms with Gasteiger partial charge >= 0.3 is 5.97 Å². The Kier molecular flexibility index (Phi) is 5.52. The number of ether oxygens (including phenoxy) is 2. The average molecular weight is 418 g/mol. The molecule has 160 valence electrons. The summed E-state index contributed by atoms with van der Waals surface area (Å²) in [6.07, 6.45) is 1.14. The lowest BCUT2D eigenvalue weighted by atomic mass is 9.67. The first kappa shape index (κ1) is 21.0. The average Bonchev–Trinajstić information content (AvgIpc) is 2.72. The molecule has 1 aliphatic carbocycles. The Morgan fingerprint density at radius 3 is 2.45 bits per heavy atom. The Morgan fingerprint density at radius 2 is 1.74 bits per heavy atom. The zero-order chi connectivity index (χ0) is 22.2. The van der Waals surface area contributed by atoms with Crippen LogP contribution in [0.4, 0.5) is 0 Å². The van der Waals surface area contributed by atoms with Crippen molar-refractivity contribution in [2.24, 2.45) is 16.3 Å². The number of hydrogen-bond acceptors (Lipinski definition) is 5. The SMILES string of the molecule is COC(=O)C1C(C)=NC2=C(C(=O)CC(C)(C)C2)[C@@H]1c1cccc(Oc2ccccc2)c1. The number of aliphatic imine (C=N–C) groups is 1. The van der Waals surface area contributed by atoms with Gasteiger partial charge < -0.3 is 9.47 Å². The molecule has 5 heteroatoms. The second kappa shape index (κ2) is 8.14. The molecule has 0 radical (unpaired) electrons. The lowest BCUT2D eigenvalue weighted by molar-refractivity contribution is -0.143. The van der Waals surface area contributed by atoms with Crippen LogP contribution in [0.1, 0.15) is 45.1 Å². The molecular formula is C26H27NO4. The number of esters is 1. The first-order chi connectivity index (χ1) is 14.8. The number of Topliss-reactive ketones (excluding diaryl/α,β-unsaturated/α-hetero) is 1. The van der Waals surface area contributed by atoms with Crippen LogP contribution in [0.5, 0.6) is 11.5 Å². The van der Waals surface area contributed by atoms with Gasteiger partial charge in [0, 0.05) is 29.3 Å². The predicted octanol–water partition coefficient (Wildman–Crippen LogP) is 5.47. The van der Waals surface area contributed by atoms with Gasteiger partial charge in [0.15, 0.2) is 5.78 Å². The maximum Gasteiger partial charge on any atom is 0.315 e. The molecular weight excluding hydrogens is 390 g/mol. The second-order valence-electron chi connectivity index (χ2n) is 9.02. The van der Waals surface area contributed by atoms with Crippen molar-refractivity contribution in [2.75, 3.05) is 7.11 Å². The Hall–Kier alpha value is -3.21. The van der Waals surface area contributed by atoms with E-state index < -0.39 is 11.8 Å². The molecule has 0 aromatic heterocycles. The van der Waals surface area contributed by atoms with Gasteiger partial charge in [-0.1, -0.05) is 44.2 Å². The molecule has 0 amide bonds. The first-order valence-electron chi connectivity index (χ1n) is 10.5. The van der Waals surface area contributed by atoms with Crippen molar-refractivity contribution >= 4 is 17.5 Å². The second-order valence-corrected chi connectivity index (χ2v) is 9.02. The van der Waals surface area contributed by atoms with Gasteiger partial charge in [0.05, 0.1) is 7.11 Å². The summed E-state index contributed by atoms with van der Waals surface area (Å²) in [7, 11) is 1.37. The molecule has 4 rings (SSSR count). The number of benzene rings is 2. The van der Waals surface area contributed by atoms with Gasteiger partial charge in [0.2, 0.25) is 0 Å². The fourth-order valence-corrected chi connectivity index (χ4v) is 4.63. The Balaban J connectivity index is 1.80. The highest BCUT2D eigenvalue weighted by Gasteiger charge is 2.45. The highest BCUT2D eigenvalue weighted by molar-refractivity contribution is 6.09. The molecule has 0 bridgehead atoms. The van der Waals surface area contributed by atoms with Crippen LogP contribution in [-0.4, -0.2) is 24.6 Å². The van der Waals surface area contributed by atoms with E-state index in [4.69, 9.17) is 14.5 Å². The summed E-state index contributed by atoms with van der Waals surface area (Å²) in [5, 5.41) is 0. The maximum absolute atomic E-state index is 13.3. The number of nitrogens with zero attached hydrogens (tertiary/aromatic N) is 1. The van der Waals surface area contributed by atoms with Crippen molar-refractivity contribution in [1.82, 2.24) is 0 Å². The molecule has 1 unspecified atom stereocenters. The summed E-state index contributed by atoms with van der Waals surface area (Å²) < 4.78 is 11.1. The Bertz CT molecular complexity index is 1080. The van der Waals surface area contributed by atoms with Crippen LogP contribution in [0.25, 0.3) is 0 Å². The normalized spacial score (nSPS) is 22.5. The zero-order valence-electron chi connectivity index (χ0n) is 18.3. The number of para-hydroxylation sites is 1. The number of hydrogen-bond donors (Lipinski definition) is 0. The van der Waals surface area contributed by atoms with Crippen molar-refractivity contribution in [3.63, 3.8) is 0 Å². The summed E-state index contributed by atoms with van der Waals surface area (Å²) in [6, 6.07) is 17.1. The summed E-state index contributed by atoms with van der Waals surface area (Å²) in [4.78, 5) is 30.7. The predicted molar refractivity (Wildman–Crippen MR) is 119 cm³/mol. The third-order valence-electron chi connectivity index (χ3n) is 5.95. The van der Waals surface area contributed by atoms with Gasteiger partial charge in [-0.25, -0.2) is 0 Å². The fourth-order valence-electron chi connectivity index (χ4n) is 4.63. The minimum absolute atomic E-state index is 0.0517. The van der Waals surface area contributed by atoms with E-state index in [1.54, 1.807) is 0 Å². The maximum atomic E-state index is 13.3. The smallest absolute Gasteiger partial charge is 0.315 e. The van der Waals surface area contributed by atoms with Crippen molar-refractivity contribution in [2.45, 2.75) is 39.5 Å². The Labute approximate surface area is 182 Å². The van der Waals surface area contributed by atoms with Crippen LogP contribution < -0.4 is 4.74 Å². The number of carbonyl (C=O) groups is 2. The van der Waals surface area contributed by atoms with Crippen molar-refractivity contribution in [1.29, 1.82) is 0 Å². The summed E-state index contributed by atoms with van der Waals surface area (Å²) in [6.45, 7) is 6.00. The van der Waals surface area contributed by atoms with Crippen LogP contribution in [-0.2, 0) is 14.3 Å². The molecule has 1 heterocycles. The van der Waals surface area contributed by atoms with Gasteiger partial charge in [-0.15, -0.1) is 0 Å². The van der Waals surface area contributed by atoms with E-state index in [1.807, 2.05) is 61.5 Å². The molecule has 0 spiro atoms. The quantitative estimate of drug-likeness (QED) is 0.619. The summed E-state index contributed by atoms with van der Waals surface area (Å²) in [5.41, 5.74) is 2.80. The number of carbonyl (C=O) groups excluding carboxylic acids is 2. The molecule has 2 aliphatic rings. The van der Waals surface area contributed by atoms with E-state index in [0.29, 0.717) is 29.9 Å². The molecule has 31 heavy (non-hydrogen) atoms. The minimum Gasteiger partial charge on any atom is -0.468 e. The van der Waals surface area contributed by atoms with E-state index in [-0.39, 0.29) is 17.2 Å². The lowest BCUT2D eigenvalue weighted by Crippen LogP contribution is -2.39. The third kappa shape index (κ3) is 4.18. The first-order valence-corrected chi connectivity index (χ1v) is 10.5. The largest absolute Gasteiger partial charge is 0.468 e. The van der Waals surface area contributed by atoms with Crippen molar-refractivity contribution in [3.8, 4) is 11.5 Å². The molecule has 1 aliphatic heterocycles. The molecule has 5 nitrogen and oxygen atoms in total. The van der Waals surface area contributed by atoms with Gasteiger partial charge in [0.1, 0.15) is 17.4 Å². The molecule has 2 aromatic carbocycles. The van der Waals surface area contributed by atoms with E-state index in [2.05, 4.69) is 13.8 Å². The topological polar surface area (TPSA) is 65.0 Å². The monoisotopic (exact) mass is 417 g/mol. The minimum atomic E-state index is -0.638. The fraction of sp³-hybridized carbons (Fsp3) is 0.346. The zero-order valence-corrected chi connectivity index (χ0v) is 18.3. The van der Waals surface area contributed by atoms with Crippen molar-refractivity contribution in [3.05, 3.63) is 71.4 Å². The summed E-state index contributed by atoms with van der Waals surface area (Å²) in [5.74, 6) is -0.0384. The Morgan fingerprint density at radius 1 is 1.03 bits per heavy atom. The van der Waals surface area contributed by atoms with Crippen LogP contribution >= 0.6 is 0 Å². The van der Waals surface area contributed by atoms with Gasteiger partial charge in [-0.3, -0.25) is 14.6 Å². The highest BCUT2D eigenvalue weighted by Crippen LogP contribution is 2.48. The van der Waals surface area contributed by atoms with Crippen LogP contribution in [0.2, 0.25) is 0 Å². The molecule has 0 saturated heterocycles. The molecule has 2 atom stereocenters. The van der Waals surface area contributed by atoms with Crippen LogP contribution in [0.15, 0.2) is 70.9 Å². The van der Waals surface area contributed by atoms with Crippen LogP contribution in [0.3, 0.4) is 0 Å². The lowest BCUT2D eigenvalue weighted by Gasteiger charge is -2.38. The van der Waals surface area contributed by atoms with Gasteiger partial charge in [-0.05, 0) is 48.6 Å². The molecule has 0 N–H and O–H groups in total. The number of methoxy groups -OCH3 is 1. The van der Waals surface area contributed by atoms with E-state index in [9.17, 15) is 9.59 Å².